The summed E-state index contributed by atoms with van der Waals surface area (Å²) in [6.07, 6.45) is 0. The summed E-state index contributed by atoms with van der Waals surface area (Å²) in [6.45, 7) is 22.7. The zero-order valence-corrected chi connectivity index (χ0v) is 30.2. The maximum Gasteiger partial charge on any atom is 0.139 e. The van der Waals surface area contributed by atoms with Crippen molar-refractivity contribution < 1.29 is 4.74 Å². The second-order valence-corrected chi connectivity index (χ2v) is 17.6. The van der Waals surface area contributed by atoms with E-state index in [-0.39, 0.29) is 11.1 Å². The summed E-state index contributed by atoms with van der Waals surface area (Å²) in [5.74, 6) is 1.96. The van der Waals surface area contributed by atoms with Gasteiger partial charge in [0.15, 0.2) is 0 Å². The van der Waals surface area contributed by atoms with Gasteiger partial charge in [-0.3, -0.25) is 0 Å². The standard InChI is InChI=1S/C42H44N3OP/c1-25-11-15-29(16-12-25)43(30-17-13-26(2)14-18-30)31-23-35-40-37(24-31)46-36-22-28(4)21-34-39(36)47(40)38-32(44(34)41(5,6)7)19-27(3)20-33(38)45(35)42(8,9)10/h11-24H,1-10H3. The van der Waals surface area contributed by atoms with Crippen LogP contribution in [0.25, 0.3) is 0 Å². The van der Waals surface area contributed by atoms with Crippen LogP contribution in [0.4, 0.5) is 39.8 Å². The Morgan fingerprint density at radius 3 is 1.34 bits per heavy atom. The van der Waals surface area contributed by atoms with E-state index in [0.29, 0.717) is 0 Å². The van der Waals surface area contributed by atoms with Crippen LogP contribution in [0.5, 0.6) is 11.5 Å². The first-order chi connectivity index (χ1) is 22.2. The van der Waals surface area contributed by atoms with Crippen LogP contribution < -0.4 is 35.4 Å². The third-order valence-electron chi connectivity index (χ3n) is 9.49. The first kappa shape index (κ1) is 30.1. The lowest BCUT2D eigenvalue weighted by Crippen LogP contribution is -2.52. The highest BCUT2D eigenvalue weighted by Gasteiger charge is 2.49. The van der Waals surface area contributed by atoms with Crippen molar-refractivity contribution in [2.24, 2.45) is 0 Å². The highest BCUT2D eigenvalue weighted by atomic mass is 31.1. The molecular formula is C42H44N3OP. The summed E-state index contributed by atoms with van der Waals surface area (Å²) < 4.78 is 7.11. The second-order valence-electron chi connectivity index (χ2n) is 15.6. The van der Waals surface area contributed by atoms with Crippen molar-refractivity contribution in [3.05, 3.63) is 107 Å². The van der Waals surface area contributed by atoms with Gasteiger partial charge in [0.2, 0.25) is 0 Å². The molecular weight excluding hydrogens is 593 g/mol. The first-order valence-corrected chi connectivity index (χ1v) is 18.0. The molecule has 47 heavy (non-hydrogen) atoms. The fourth-order valence-electron chi connectivity index (χ4n) is 7.69. The molecule has 0 saturated heterocycles. The molecule has 0 saturated carbocycles. The Morgan fingerprint density at radius 1 is 0.468 bits per heavy atom. The van der Waals surface area contributed by atoms with Gasteiger partial charge in [-0.15, -0.1) is 0 Å². The molecule has 238 valence electrons. The zero-order valence-electron chi connectivity index (χ0n) is 29.3. The lowest BCUT2D eigenvalue weighted by molar-refractivity contribution is 0.486. The Bertz CT molecular complexity index is 2040. The quantitative estimate of drug-likeness (QED) is 0.180. The monoisotopic (exact) mass is 637 g/mol. The van der Waals surface area contributed by atoms with E-state index in [2.05, 4.69) is 169 Å². The minimum absolute atomic E-state index is 0.121. The van der Waals surface area contributed by atoms with Crippen LogP contribution in [0.1, 0.15) is 63.8 Å². The maximum absolute atomic E-state index is 7.11. The van der Waals surface area contributed by atoms with Gasteiger partial charge in [0.1, 0.15) is 11.5 Å². The maximum atomic E-state index is 7.11. The predicted octanol–water partition coefficient (Wildman–Crippen LogP) is 10.8. The molecule has 5 aromatic rings. The van der Waals surface area contributed by atoms with Gasteiger partial charge < -0.3 is 19.4 Å². The number of hydrogen-bond acceptors (Lipinski definition) is 4. The van der Waals surface area contributed by atoms with E-state index in [9.17, 15) is 0 Å². The Labute approximate surface area is 281 Å². The van der Waals surface area contributed by atoms with Crippen molar-refractivity contribution >= 4 is 63.6 Å². The number of anilines is 7. The summed E-state index contributed by atoms with van der Waals surface area (Å²) in [5.41, 5.74) is 13.2. The van der Waals surface area contributed by atoms with E-state index < -0.39 is 7.92 Å². The summed E-state index contributed by atoms with van der Waals surface area (Å²) in [7, 11) is -0.852. The molecule has 3 heterocycles. The van der Waals surface area contributed by atoms with E-state index in [0.717, 1.165) is 28.6 Å². The molecule has 0 bridgehead atoms. The molecule has 1 atom stereocenters. The Hall–Kier alpha value is -4.27. The third-order valence-corrected chi connectivity index (χ3v) is 12.2. The topological polar surface area (TPSA) is 19.0 Å². The molecule has 0 amide bonds. The van der Waals surface area contributed by atoms with E-state index >= 15 is 0 Å². The van der Waals surface area contributed by atoms with Gasteiger partial charge in [-0.1, -0.05) is 35.4 Å². The summed E-state index contributed by atoms with van der Waals surface area (Å²) in [6, 6.07) is 31.9. The van der Waals surface area contributed by atoms with Gasteiger partial charge in [-0.25, -0.2) is 0 Å². The molecule has 3 aliphatic rings. The van der Waals surface area contributed by atoms with E-state index in [4.69, 9.17) is 4.74 Å². The SMILES string of the molecule is Cc1ccc(N(c2ccc(C)cc2)c2cc3c4c(c2)N(C(C)(C)C)c2cc(C)cc5c2P4c2c(cc(C)cc2N5C(C)(C)C)O3)cc1. The van der Waals surface area contributed by atoms with Crippen molar-refractivity contribution in [1.29, 1.82) is 0 Å². The van der Waals surface area contributed by atoms with Gasteiger partial charge >= 0.3 is 0 Å². The summed E-state index contributed by atoms with van der Waals surface area (Å²) in [5, 5.41) is 4.13. The Balaban J connectivity index is 1.47. The molecule has 0 radical (unpaired) electrons. The van der Waals surface area contributed by atoms with E-state index in [1.165, 1.54) is 60.9 Å². The van der Waals surface area contributed by atoms with E-state index in [1.54, 1.807) is 0 Å². The zero-order chi connectivity index (χ0) is 33.2. The Morgan fingerprint density at radius 2 is 0.872 bits per heavy atom. The number of rotatable bonds is 3. The van der Waals surface area contributed by atoms with Crippen LogP contribution in [0, 0.1) is 27.7 Å². The highest BCUT2D eigenvalue weighted by molar-refractivity contribution is 7.81. The number of ether oxygens (including phenoxy) is 1. The first-order valence-electron chi connectivity index (χ1n) is 16.7. The molecule has 0 aromatic heterocycles. The lowest BCUT2D eigenvalue weighted by Gasteiger charge is -2.53. The number of nitrogens with zero attached hydrogens (tertiary/aromatic N) is 3. The highest BCUT2D eigenvalue weighted by Crippen LogP contribution is 2.62. The van der Waals surface area contributed by atoms with Gasteiger partial charge in [0.05, 0.1) is 39.0 Å². The third kappa shape index (κ3) is 4.59. The lowest BCUT2D eigenvalue weighted by atomic mass is 9.97. The largest absolute Gasteiger partial charge is 0.456 e. The predicted molar refractivity (Wildman–Crippen MR) is 203 cm³/mol. The molecule has 5 aromatic carbocycles. The fourth-order valence-corrected chi connectivity index (χ4v) is 10.6. The molecule has 0 spiro atoms. The van der Waals surface area contributed by atoms with Crippen LogP contribution >= 0.6 is 7.92 Å². The number of aryl methyl sites for hydroxylation is 4. The number of hydrogen-bond donors (Lipinski definition) is 0. The van der Waals surface area contributed by atoms with Crippen molar-refractivity contribution in [3.8, 4) is 11.5 Å². The minimum Gasteiger partial charge on any atom is -0.456 e. The smallest absolute Gasteiger partial charge is 0.139 e. The minimum atomic E-state index is -0.852. The van der Waals surface area contributed by atoms with Crippen LogP contribution in [-0.2, 0) is 0 Å². The summed E-state index contributed by atoms with van der Waals surface area (Å²) >= 11 is 0. The van der Waals surface area contributed by atoms with Gasteiger partial charge in [-0.2, -0.15) is 0 Å². The van der Waals surface area contributed by atoms with Crippen LogP contribution in [-0.4, -0.2) is 11.1 Å². The van der Waals surface area contributed by atoms with Crippen LogP contribution in [0.15, 0.2) is 84.9 Å². The van der Waals surface area contributed by atoms with Gasteiger partial charge in [0.25, 0.3) is 0 Å². The fraction of sp³-hybridized carbons (Fsp3) is 0.286. The van der Waals surface area contributed by atoms with Gasteiger partial charge in [-0.05, 0) is 135 Å². The molecule has 4 nitrogen and oxygen atoms in total. The van der Waals surface area contributed by atoms with Crippen molar-refractivity contribution in [1.82, 2.24) is 0 Å². The van der Waals surface area contributed by atoms with Crippen LogP contribution in [0.3, 0.4) is 0 Å². The van der Waals surface area contributed by atoms with Gasteiger partial charge in [0, 0.05) is 41.7 Å². The summed E-state index contributed by atoms with van der Waals surface area (Å²) in [4.78, 5) is 7.55. The molecule has 5 heteroatoms. The Kier molecular flexibility index (Phi) is 6.48. The average molecular weight is 638 g/mol. The van der Waals surface area contributed by atoms with Crippen molar-refractivity contribution in [3.63, 3.8) is 0 Å². The second kappa shape index (κ2) is 10.1. The molecule has 3 aliphatic heterocycles. The molecule has 8 rings (SSSR count). The molecule has 1 unspecified atom stereocenters. The van der Waals surface area contributed by atoms with Crippen molar-refractivity contribution in [2.75, 3.05) is 14.7 Å². The molecule has 0 N–H and O–H groups in total. The molecule has 0 aliphatic carbocycles. The van der Waals surface area contributed by atoms with E-state index in [1.807, 2.05) is 0 Å². The average Bonchev–Trinajstić information content (AvgIpc) is 2.97. The van der Waals surface area contributed by atoms with Crippen LogP contribution in [0.2, 0.25) is 0 Å². The molecule has 0 fully saturated rings. The number of benzene rings is 5. The normalized spacial score (nSPS) is 15.7. The van der Waals surface area contributed by atoms with Crippen molar-refractivity contribution in [2.45, 2.75) is 80.3 Å².